The van der Waals surface area contributed by atoms with Gasteiger partial charge in [-0.2, -0.15) is 0 Å². The summed E-state index contributed by atoms with van der Waals surface area (Å²) in [6, 6.07) is -1.04. The smallest absolute Gasteiger partial charge is 0.480 e. The SMILES string of the molecule is CCCOC(=O)OC(CC)OP(=O)(N=C(N)N(C)C(C(=O)O)C1CCCCC1)OC(CC)OC(=O)OCCC. The van der Waals surface area contributed by atoms with E-state index in [2.05, 4.69) is 4.76 Å². The molecule has 1 aliphatic carbocycles. The van der Waals surface area contributed by atoms with Crippen LogP contribution in [-0.4, -0.2) is 73.1 Å². The van der Waals surface area contributed by atoms with Crippen molar-refractivity contribution >= 4 is 32.0 Å². The number of rotatable bonds is 16. The Balaban J connectivity index is 3.27. The normalized spacial score (nSPS) is 18.2. The van der Waals surface area contributed by atoms with E-state index in [1.807, 2.05) is 0 Å². The zero-order chi connectivity index (χ0) is 29.4. The van der Waals surface area contributed by atoms with Crippen molar-refractivity contribution < 1.29 is 52.1 Å². The molecule has 1 saturated carbocycles. The van der Waals surface area contributed by atoms with E-state index in [-0.39, 0.29) is 32.0 Å². The van der Waals surface area contributed by atoms with E-state index in [1.165, 1.54) is 11.9 Å². The number of ether oxygens (including phenoxy) is 4. The van der Waals surface area contributed by atoms with E-state index in [0.29, 0.717) is 25.7 Å². The standard InChI is InChI=1S/C24H44N3O11P/c1-6-15-33-23(30)35-18(8-3)37-39(32,38-19(9-4)36-24(31)34-16-7-2)26-22(25)27(5)20(21(28)29)17-13-11-10-12-14-17/h17-20H,6-16H2,1-5H3,(H,28,29)(H2,25,26,32). The van der Waals surface area contributed by atoms with Crippen LogP contribution in [0.1, 0.15) is 85.5 Å². The third-order valence-corrected chi connectivity index (χ3v) is 7.28. The molecule has 226 valence electrons. The quantitative estimate of drug-likeness (QED) is 0.0815. The van der Waals surface area contributed by atoms with Crippen LogP contribution in [0.2, 0.25) is 0 Å². The number of hydrogen-bond acceptors (Lipinski definition) is 10. The summed E-state index contributed by atoms with van der Waals surface area (Å²) in [7, 11) is -3.27. The summed E-state index contributed by atoms with van der Waals surface area (Å²) in [5.74, 6) is -1.75. The third-order valence-electron chi connectivity index (χ3n) is 5.82. The molecule has 15 heteroatoms. The Morgan fingerprint density at radius 3 is 1.77 bits per heavy atom. The van der Waals surface area contributed by atoms with Crippen LogP contribution >= 0.6 is 7.75 Å². The molecule has 3 N–H and O–H groups in total. The first-order valence-electron chi connectivity index (χ1n) is 13.4. The lowest BCUT2D eigenvalue weighted by atomic mass is 9.83. The molecule has 0 radical (unpaired) electrons. The van der Waals surface area contributed by atoms with Gasteiger partial charge in [-0.1, -0.05) is 47.0 Å². The number of hydrogen-bond donors (Lipinski definition) is 2. The Labute approximate surface area is 230 Å². The van der Waals surface area contributed by atoms with Gasteiger partial charge in [-0.3, -0.25) is 0 Å². The van der Waals surface area contributed by atoms with Crippen LogP contribution in [0.5, 0.6) is 0 Å². The van der Waals surface area contributed by atoms with Crippen LogP contribution in [0.3, 0.4) is 0 Å². The van der Waals surface area contributed by atoms with E-state index in [1.54, 1.807) is 27.7 Å². The van der Waals surface area contributed by atoms with Gasteiger partial charge < -0.3 is 34.7 Å². The third kappa shape index (κ3) is 12.4. The topological polar surface area (TPSA) is 186 Å². The molecular formula is C24H44N3O11P. The second kappa shape index (κ2) is 17.9. The zero-order valence-electron chi connectivity index (χ0n) is 23.5. The highest BCUT2D eigenvalue weighted by Gasteiger charge is 2.38. The molecule has 0 aliphatic heterocycles. The van der Waals surface area contributed by atoms with E-state index >= 15 is 0 Å². The maximum Gasteiger partial charge on any atom is 0.510 e. The molecule has 1 aliphatic rings. The van der Waals surface area contributed by atoms with Crippen LogP contribution in [0, 0.1) is 5.92 Å². The molecule has 0 aromatic rings. The fraction of sp³-hybridized carbons (Fsp3) is 0.833. The molecular weight excluding hydrogens is 537 g/mol. The number of carbonyl (C=O) groups is 3. The molecule has 0 aromatic carbocycles. The predicted molar refractivity (Wildman–Crippen MR) is 141 cm³/mol. The summed E-state index contributed by atoms with van der Waals surface area (Å²) in [5.41, 5.74) is 6.13. The Morgan fingerprint density at radius 1 is 0.923 bits per heavy atom. The van der Waals surface area contributed by atoms with Gasteiger partial charge in [-0.05, 0) is 31.6 Å². The molecule has 0 aromatic heterocycles. The number of guanidine groups is 1. The minimum absolute atomic E-state index is 0.0237. The Kier molecular flexibility index (Phi) is 15.8. The maximum atomic E-state index is 13.9. The van der Waals surface area contributed by atoms with E-state index < -0.39 is 50.6 Å². The van der Waals surface area contributed by atoms with Crippen molar-refractivity contribution in [3.8, 4) is 0 Å². The number of carboxylic acid groups (broad SMARTS) is 1. The van der Waals surface area contributed by atoms with Crippen LogP contribution in [0.4, 0.5) is 9.59 Å². The average molecular weight is 582 g/mol. The average Bonchev–Trinajstić information content (AvgIpc) is 2.90. The monoisotopic (exact) mass is 581 g/mol. The Morgan fingerprint density at radius 2 is 1.38 bits per heavy atom. The van der Waals surface area contributed by atoms with Gasteiger partial charge in [0.1, 0.15) is 6.04 Å². The molecule has 0 amide bonds. The van der Waals surface area contributed by atoms with Crippen molar-refractivity contribution in [1.29, 1.82) is 0 Å². The first-order chi connectivity index (χ1) is 18.5. The number of aliphatic carboxylic acids is 1. The van der Waals surface area contributed by atoms with Gasteiger partial charge in [0.05, 0.1) is 13.2 Å². The summed E-state index contributed by atoms with van der Waals surface area (Å²) < 4.78 is 48.7. The molecule has 1 fully saturated rings. The van der Waals surface area contributed by atoms with Gasteiger partial charge in [0, 0.05) is 19.9 Å². The van der Waals surface area contributed by atoms with Crippen molar-refractivity contribution in [2.45, 2.75) is 104 Å². The van der Waals surface area contributed by atoms with Gasteiger partial charge in [-0.15, -0.1) is 4.76 Å². The van der Waals surface area contributed by atoms with Gasteiger partial charge in [0.15, 0.2) is 0 Å². The maximum absolute atomic E-state index is 13.9. The molecule has 0 spiro atoms. The van der Waals surface area contributed by atoms with Crippen molar-refractivity contribution in [2.24, 2.45) is 16.4 Å². The first kappa shape index (κ1) is 34.5. The van der Waals surface area contributed by atoms with Crippen molar-refractivity contribution in [3.05, 3.63) is 0 Å². The van der Waals surface area contributed by atoms with E-state index in [4.69, 9.17) is 33.7 Å². The largest absolute Gasteiger partial charge is 0.510 e. The lowest BCUT2D eigenvalue weighted by Gasteiger charge is -2.34. The Hall–Kier alpha value is -2.57. The van der Waals surface area contributed by atoms with Crippen LogP contribution in [0.15, 0.2) is 4.76 Å². The molecule has 14 nitrogen and oxygen atoms in total. The molecule has 0 saturated heterocycles. The highest BCUT2D eigenvalue weighted by Crippen LogP contribution is 2.53. The van der Waals surface area contributed by atoms with Gasteiger partial charge >= 0.3 is 26.0 Å². The fourth-order valence-corrected chi connectivity index (χ4v) is 5.37. The summed E-state index contributed by atoms with van der Waals surface area (Å²) in [4.78, 5) is 37.3. The van der Waals surface area contributed by atoms with Crippen LogP contribution < -0.4 is 5.73 Å². The molecule has 0 bridgehead atoms. The number of nitrogens with two attached hydrogens (primary N) is 1. The van der Waals surface area contributed by atoms with Gasteiger partial charge in [-0.25, -0.2) is 28.0 Å². The van der Waals surface area contributed by atoms with Crippen LogP contribution in [-0.2, 0) is 37.4 Å². The van der Waals surface area contributed by atoms with E-state index in [9.17, 15) is 24.1 Å². The van der Waals surface area contributed by atoms with Crippen molar-refractivity contribution in [3.63, 3.8) is 0 Å². The highest BCUT2D eigenvalue weighted by atomic mass is 31.2. The second-order valence-corrected chi connectivity index (χ2v) is 10.6. The first-order valence-corrected chi connectivity index (χ1v) is 14.9. The number of likely N-dealkylation sites (N-methyl/N-ethyl adjacent to an activating group) is 1. The Bertz CT molecular complexity index is 815. The molecule has 0 heterocycles. The lowest BCUT2D eigenvalue weighted by Crippen LogP contribution is -2.50. The van der Waals surface area contributed by atoms with Crippen LogP contribution in [0.25, 0.3) is 0 Å². The predicted octanol–water partition coefficient (Wildman–Crippen LogP) is 5.01. The molecule has 3 unspecified atom stereocenters. The van der Waals surface area contributed by atoms with E-state index in [0.717, 1.165) is 19.3 Å². The van der Waals surface area contributed by atoms with Gasteiger partial charge in [0.2, 0.25) is 18.5 Å². The summed E-state index contributed by atoms with van der Waals surface area (Å²) in [6.07, 6.45) is 0.352. The fourth-order valence-electron chi connectivity index (χ4n) is 3.85. The summed E-state index contributed by atoms with van der Waals surface area (Å²) in [6.45, 7) is 6.96. The molecule has 3 atom stereocenters. The lowest BCUT2D eigenvalue weighted by molar-refractivity contribution is -0.143. The number of carboxylic acids is 1. The minimum Gasteiger partial charge on any atom is -0.480 e. The molecule has 39 heavy (non-hydrogen) atoms. The van der Waals surface area contributed by atoms with Gasteiger partial charge in [0.25, 0.3) is 0 Å². The van der Waals surface area contributed by atoms with Crippen molar-refractivity contribution in [2.75, 3.05) is 20.3 Å². The summed E-state index contributed by atoms with van der Waals surface area (Å²) >= 11 is 0. The minimum atomic E-state index is -4.69. The number of carbonyl (C=O) groups excluding carboxylic acids is 2. The summed E-state index contributed by atoms with van der Waals surface area (Å²) in [5, 5.41) is 9.92. The zero-order valence-corrected chi connectivity index (χ0v) is 24.4. The number of nitrogens with zero attached hydrogens (tertiary/aromatic N) is 2. The molecule has 1 rings (SSSR count). The second-order valence-electron chi connectivity index (χ2n) is 9.04. The van der Waals surface area contributed by atoms with Crippen molar-refractivity contribution in [1.82, 2.24) is 4.90 Å². The highest BCUT2D eigenvalue weighted by molar-refractivity contribution is 7.52.